The van der Waals surface area contributed by atoms with Crippen LogP contribution in [-0.4, -0.2) is 23.5 Å². The lowest BCUT2D eigenvalue weighted by molar-refractivity contribution is -0.141. The van der Waals surface area contributed by atoms with Crippen LogP contribution in [0.5, 0.6) is 0 Å². The van der Waals surface area contributed by atoms with E-state index in [-0.39, 0.29) is 41.5 Å². The van der Waals surface area contributed by atoms with Gasteiger partial charge in [0.15, 0.2) is 0 Å². The number of nitrogens with one attached hydrogen (secondary N) is 1. The lowest BCUT2D eigenvalue weighted by Gasteiger charge is -2.20. The molecule has 0 aliphatic heterocycles. The summed E-state index contributed by atoms with van der Waals surface area (Å²) in [6, 6.07) is 1.99. The van der Waals surface area contributed by atoms with E-state index in [1.165, 1.54) is 13.0 Å². The van der Waals surface area contributed by atoms with E-state index in [0.29, 0.717) is 6.54 Å². The van der Waals surface area contributed by atoms with Gasteiger partial charge in [-0.15, -0.1) is 12.4 Å². The normalized spacial score (nSPS) is 21.3. The summed E-state index contributed by atoms with van der Waals surface area (Å²) in [4.78, 5) is 15.6. The Hall–Kier alpha value is -1.34. The van der Waals surface area contributed by atoms with E-state index < -0.39 is 11.9 Å². The number of aryl methyl sites for hydroxylation is 1. The number of carbonyl (C=O) groups is 1. The highest BCUT2D eigenvalue weighted by Crippen LogP contribution is 2.28. The van der Waals surface area contributed by atoms with Gasteiger partial charge < -0.3 is 11.1 Å². The molecule has 3 N–H and O–H groups in total. The maximum absolute atomic E-state index is 12.5. The molecule has 2 atom stereocenters. The largest absolute Gasteiger partial charge is 0.433 e. The molecule has 1 fully saturated rings. The number of amides is 1. The Morgan fingerprint density at radius 1 is 1.41 bits per heavy atom. The van der Waals surface area contributed by atoms with Gasteiger partial charge in [-0.2, -0.15) is 13.2 Å². The van der Waals surface area contributed by atoms with Crippen molar-refractivity contribution in [3.8, 4) is 0 Å². The Labute approximate surface area is 133 Å². The van der Waals surface area contributed by atoms with E-state index in [2.05, 4.69) is 10.3 Å². The van der Waals surface area contributed by atoms with Crippen LogP contribution in [0.15, 0.2) is 12.1 Å². The molecule has 1 saturated carbocycles. The average molecular weight is 338 g/mol. The molecule has 4 nitrogen and oxygen atoms in total. The van der Waals surface area contributed by atoms with E-state index in [9.17, 15) is 18.0 Å². The first-order chi connectivity index (χ1) is 9.82. The number of carbonyl (C=O) groups excluding carboxylic acids is 1. The number of nitrogens with zero attached hydrogens (tertiary/aromatic N) is 1. The molecule has 1 aliphatic rings. The molecule has 1 amide bonds. The highest BCUT2D eigenvalue weighted by Gasteiger charge is 2.33. The molecular weight excluding hydrogens is 319 g/mol. The second-order valence-corrected chi connectivity index (χ2v) is 5.33. The molecule has 0 saturated heterocycles. The fourth-order valence-corrected chi connectivity index (χ4v) is 2.71. The molecule has 0 spiro atoms. The minimum atomic E-state index is -4.50. The Kier molecular flexibility index (Phi) is 6.19. The van der Waals surface area contributed by atoms with Crippen molar-refractivity contribution in [1.82, 2.24) is 10.3 Å². The van der Waals surface area contributed by atoms with Crippen molar-refractivity contribution in [2.75, 3.05) is 6.54 Å². The lowest BCUT2D eigenvalue weighted by Crippen LogP contribution is -2.40. The molecular formula is C14H19ClF3N3O. The predicted octanol–water partition coefficient (Wildman–Crippen LogP) is 2.69. The van der Waals surface area contributed by atoms with Crippen molar-refractivity contribution >= 4 is 18.3 Å². The fourth-order valence-electron chi connectivity index (χ4n) is 2.71. The van der Waals surface area contributed by atoms with Gasteiger partial charge in [0.05, 0.1) is 11.3 Å². The predicted molar refractivity (Wildman–Crippen MR) is 78.9 cm³/mol. The zero-order valence-corrected chi connectivity index (χ0v) is 12.9. The van der Waals surface area contributed by atoms with Crippen LogP contribution in [0.3, 0.4) is 0 Å². The van der Waals surface area contributed by atoms with Crippen molar-refractivity contribution in [2.24, 2.45) is 11.7 Å². The van der Waals surface area contributed by atoms with Crippen LogP contribution in [0.1, 0.15) is 41.0 Å². The third kappa shape index (κ3) is 4.10. The SMILES string of the molecule is Cc1nc(C(F)(F)F)ccc1C(=O)NC1CCCC1CN.Cl. The molecule has 1 aromatic heterocycles. The standard InChI is InChI=1S/C14H18F3N3O.ClH/c1-8-10(5-6-12(19-8)14(15,16)17)13(21)20-11-4-2-3-9(11)7-18;/h5-6,9,11H,2-4,7,18H2,1H3,(H,20,21);1H. The number of hydrogen-bond donors (Lipinski definition) is 2. The fraction of sp³-hybridized carbons (Fsp3) is 0.571. The second kappa shape index (κ2) is 7.28. The molecule has 1 aromatic rings. The van der Waals surface area contributed by atoms with Crippen molar-refractivity contribution in [3.63, 3.8) is 0 Å². The van der Waals surface area contributed by atoms with Crippen molar-refractivity contribution in [2.45, 2.75) is 38.4 Å². The van der Waals surface area contributed by atoms with Crippen LogP contribution in [0, 0.1) is 12.8 Å². The minimum absolute atomic E-state index is 0. The Morgan fingerprint density at radius 2 is 2.09 bits per heavy atom. The van der Waals surface area contributed by atoms with E-state index in [1.807, 2.05) is 0 Å². The minimum Gasteiger partial charge on any atom is -0.349 e. The molecule has 0 aromatic carbocycles. The number of nitrogens with two attached hydrogens (primary N) is 1. The van der Waals surface area contributed by atoms with E-state index >= 15 is 0 Å². The van der Waals surface area contributed by atoms with E-state index in [0.717, 1.165) is 25.3 Å². The molecule has 8 heteroatoms. The summed E-state index contributed by atoms with van der Waals surface area (Å²) >= 11 is 0. The number of pyridine rings is 1. The third-order valence-electron chi connectivity index (χ3n) is 3.90. The lowest BCUT2D eigenvalue weighted by atomic mass is 10.0. The summed E-state index contributed by atoms with van der Waals surface area (Å²) in [6.07, 6.45) is -1.70. The Balaban J connectivity index is 0.00000242. The topological polar surface area (TPSA) is 68.0 Å². The van der Waals surface area contributed by atoms with Gasteiger partial charge in [0, 0.05) is 6.04 Å². The smallest absolute Gasteiger partial charge is 0.349 e. The molecule has 22 heavy (non-hydrogen) atoms. The van der Waals surface area contributed by atoms with Crippen LogP contribution in [-0.2, 0) is 6.18 Å². The van der Waals surface area contributed by atoms with Crippen LogP contribution in [0.4, 0.5) is 13.2 Å². The molecule has 0 bridgehead atoms. The summed E-state index contributed by atoms with van der Waals surface area (Å²) in [5.74, 6) is -0.157. The zero-order valence-electron chi connectivity index (χ0n) is 12.1. The van der Waals surface area contributed by atoms with Gasteiger partial charge in [0.25, 0.3) is 5.91 Å². The quantitative estimate of drug-likeness (QED) is 0.891. The highest BCUT2D eigenvalue weighted by molar-refractivity contribution is 5.95. The average Bonchev–Trinajstić information content (AvgIpc) is 2.84. The van der Waals surface area contributed by atoms with Gasteiger partial charge in [0.1, 0.15) is 5.69 Å². The van der Waals surface area contributed by atoms with Gasteiger partial charge in [-0.1, -0.05) is 6.42 Å². The maximum atomic E-state index is 12.5. The summed E-state index contributed by atoms with van der Waals surface area (Å²) in [5.41, 5.74) is 4.90. The number of aromatic nitrogens is 1. The monoisotopic (exact) mass is 337 g/mol. The van der Waals surface area contributed by atoms with Crippen LogP contribution in [0.25, 0.3) is 0 Å². The van der Waals surface area contributed by atoms with Crippen molar-refractivity contribution in [1.29, 1.82) is 0 Å². The van der Waals surface area contributed by atoms with Gasteiger partial charge in [-0.05, 0) is 44.4 Å². The molecule has 0 radical (unpaired) electrons. The van der Waals surface area contributed by atoms with Gasteiger partial charge in [0.2, 0.25) is 0 Å². The van der Waals surface area contributed by atoms with Gasteiger partial charge in [-0.25, -0.2) is 4.98 Å². The Bertz CT molecular complexity index is 537. The summed E-state index contributed by atoms with van der Waals surface area (Å²) in [5, 5.41) is 2.86. The summed E-state index contributed by atoms with van der Waals surface area (Å²) in [6.45, 7) is 1.90. The van der Waals surface area contributed by atoms with Crippen molar-refractivity contribution < 1.29 is 18.0 Å². The number of hydrogen-bond acceptors (Lipinski definition) is 3. The second-order valence-electron chi connectivity index (χ2n) is 5.33. The third-order valence-corrected chi connectivity index (χ3v) is 3.90. The van der Waals surface area contributed by atoms with E-state index in [4.69, 9.17) is 5.73 Å². The van der Waals surface area contributed by atoms with Gasteiger partial charge >= 0.3 is 6.18 Å². The first-order valence-corrected chi connectivity index (χ1v) is 6.88. The molecule has 124 valence electrons. The molecule has 2 rings (SSSR count). The zero-order chi connectivity index (χ0) is 15.6. The van der Waals surface area contributed by atoms with Crippen molar-refractivity contribution in [3.05, 3.63) is 29.1 Å². The number of rotatable bonds is 3. The first kappa shape index (κ1) is 18.7. The van der Waals surface area contributed by atoms with Crippen LogP contribution < -0.4 is 11.1 Å². The first-order valence-electron chi connectivity index (χ1n) is 6.88. The maximum Gasteiger partial charge on any atom is 0.433 e. The molecule has 2 unspecified atom stereocenters. The van der Waals surface area contributed by atoms with Gasteiger partial charge in [-0.3, -0.25) is 4.79 Å². The highest BCUT2D eigenvalue weighted by atomic mass is 35.5. The molecule has 1 aliphatic carbocycles. The summed E-state index contributed by atoms with van der Waals surface area (Å²) < 4.78 is 37.6. The number of alkyl halides is 3. The van der Waals surface area contributed by atoms with E-state index in [1.54, 1.807) is 0 Å². The molecule has 1 heterocycles. The Morgan fingerprint density at radius 3 is 2.64 bits per heavy atom. The van der Waals surface area contributed by atoms with Crippen LogP contribution >= 0.6 is 12.4 Å². The number of halogens is 4. The summed E-state index contributed by atoms with van der Waals surface area (Å²) in [7, 11) is 0. The van der Waals surface area contributed by atoms with Crippen LogP contribution in [0.2, 0.25) is 0 Å².